The zero-order valence-corrected chi connectivity index (χ0v) is 16.1. The minimum Gasteiger partial charge on any atom is -0.263 e. The quantitative estimate of drug-likeness (QED) is 0.618. The molecule has 0 bridgehead atoms. The van der Waals surface area contributed by atoms with Crippen LogP contribution in [0.5, 0.6) is 0 Å². The van der Waals surface area contributed by atoms with Crippen molar-refractivity contribution in [3.8, 4) is 11.3 Å². The zero-order chi connectivity index (χ0) is 21.6. The Bertz CT molecular complexity index is 835. The van der Waals surface area contributed by atoms with Gasteiger partial charge in [-0.25, -0.2) is 8.78 Å². The molecule has 1 aromatic carbocycles. The van der Waals surface area contributed by atoms with E-state index in [1.54, 1.807) is 6.92 Å². The molecular formula is C18H18ClF5N2O2. The van der Waals surface area contributed by atoms with Crippen LogP contribution in [0.3, 0.4) is 0 Å². The summed E-state index contributed by atoms with van der Waals surface area (Å²) in [6, 6.07) is 1.85. The van der Waals surface area contributed by atoms with E-state index in [4.69, 9.17) is 21.2 Å². The SMILES string of the molecule is CCc1nn(CC)c(-c2c(F)cc(CC(C)C(F)(F)F)cc2F)c1Cl.O=C=O. The van der Waals surface area contributed by atoms with Crippen LogP contribution in [0.1, 0.15) is 32.0 Å². The van der Waals surface area contributed by atoms with Gasteiger partial charge in [0.05, 0.1) is 27.9 Å². The van der Waals surface area contributed by atoms with E-state index in [0.29, 0.717) is 18.7 Å². The molecule has 2 aromatic rings. The maximum absolute atomic E-state index is 14.5. The number of hydrogen-bond donors (Lipinski definition) is 0. The van der Waals surface area contributed by atoms with Crippen LogP contribution in [0.4, 0.5) is 22.0 Å². The van der Waals surface area contributed by atoms with Gasteiger partial charge >= 0.3 is 12.3 Å². The maximum Gasteiger partial charge on any atom is 0.391 e. The van der Waals surface area contributed by atoms with Crippen LogP contribution < -0.4 is 0 Å². The Balaban J connectivity index is 0.00000122. The summed E-state index contributed by atoms with van der Waals surface area (Å²) in [6.45, 7) is 4.88. The molecule has 154 valence electrons. The molecule has 2 rings (SSSR count). The topological polar surface area (TPSA) is 52.0 Å². The minimum absolute atomic E-state index is 0.0574. The number of rotatable bonds is 5. The third-order valence-corrected chi connectivity index (χ3v) is 4.43. The van der Waals surface area contributed by atoms with Crippen LogP contribution >= 0.6 is 11.6 Å². The fraction of sp³-hybridized carbons (Fsp3) is 0.444. The molecule has 0 radical (unpaired) electrons. The Morgan fingerprint density at radius 1 is 1.18 bits per heavy atom. The van der Waals surface area contributed by atoms with Crippen molar-refractivity contribution in [2.45, 2.75) is 46.3 Å². The molecule has 0 fully saturated rings. The van der Waals surface area contributed by atoms with Crippen molar-refractivity contribution in [3.63, 3.8) is 0 Å². The van der Waals surface area contributed by atoms with Crippen LogP contribution in [0, 0.1) is 17.6 Å². The summed E-state index contributed by atoms with van der Waals surface area (Å²) in [5, 5.41) is 4.36. The van der Waals surface area contributed by atoms with Gasteiger partial charge < -0.3 is 0 Å². The second-order valence-electron chi connectivity index (χ2n) is 5.94. The smallest absolute Gasteiger partial charge is 0.263 e. The first-order chi connectivity index (χ1) is 13.0. The zero-order valence-electron chi connectivity index (χ0n) is 15.3. The number of aromatic nitrogens is 2. The molecule has 1 unspecified atom stereocenters. The molecule has 10 heteroatoms. The van der Waals surface area contributed by atoms with Gasteiger partial charge in [0.1, 0.15) is 11.6 Å². The fourth-order valence-electron chi connectivity index (χ4n) is 2.62. The maximum atomic E-state index is 14.5. The van der Waals surface area contributed by atoms with E-state index in [-0.39, 0.29) is 28.0 Å². The summed E-state index contributed by atoms with van der Waals surface area (Å²) in [5.41, 5.74) is 0.180. The average molecular weight is 425 g/mol. The molecule has 0 saturated carbocycles. The lowest BCUT2D eigenvalue weighted by Crippen LogP contribution is -2.22. The fourth-order valence-corrected chi connectivity index (χ4v) is 2.99. The standard InChI is InChI=1S/C17H18ClF5N2.CO2/c1-4-13-15(18)16(25(5-2)24-13)14-11(19)7-10(8-12(14)20)6-9(3)17(21,22)23;2-1-3/h7-9H,4-6H2,1-3H3;. The number of nitrogens with zero attached hydrogens (tertiary/aromatic N) is 2. The van der Waals surface area contributed by atoms with Crippen molar-refractivity contribution in [1.82, 2.24) is 9.78 Å². The highest BCUT2D eigenvalue weighted by atomic mass is 35.5. The lowest BCUT2D eigenvalue weighted by atomic mass is 9.98. The average Bonchev–Trinajstić information content (AvgIpc) is 2.90. The Labute approximate surface area is 163 Å². The molecular weight excluding hydrogens is 407 g/mol. The summed E-state index contributed by atoms with van der Waals surface area (Å²) in [7, 11) is 0. The molecule has 0 N–H and O–H groups in total. The predicted molar refractivity (Wildman–Crippen MR) is 91.6 cm³/mol. The van der Waals surface area contributed by atoms with Crippen LogP contribution in [0.15, 0.2) is 12.1 Å². The monoisotopic (exact) mass is 424 g/mol. The number of hydrogen-bond acceptors (Lipinski definition) is 3. The second-order valence-corrected chi connectivity index (χ2v) is 6.32. The molecule has 1 heterocycles. The van der Waals surface area contributed by atoms with Crippen molar-refractivity contribution in [3.05, 3.63) is 40.0 Å². The highest BCUT2D eigenvalue weighted by Crippen LogP contribution is 2.36. The molecule has 0 saturated heterocycles. The number of carbonyl (C=O) groups excluding carboxylic acids is 2. The Morgan fingerprint density at radius 2 is 1.68 bits per heavy atom. The molecule has 0 aliphatic rings. The van der Waals surface area contributed by atoms with E-state index >= 15 is 0 Å². The summed E-state index contributed by atoms with van der Waals surface area (Å²) >= 11 is 6.21. The van der Waals surface area contributed by atoms with Gasteiger partial charge in [0.25, 0.3) is 0 Å². The predicted octanol–water partition coefficient (Wildman–Crippen LogP) is 5.22. The highest BCUT2D eigenvalue weighted by molar-refractivity contribution is 6.33. The van der Waals surface area contributed by atoms with E-state index in [0.717, 1.165) is 19.1 Å². The van der Waals surface area contributed by atoms with Gasteiger partial charge in [-0.1, -0.05) is 25.4 Å². The lowest BCUT2D eigenvalue weighted by Gasteiger charge is -2.16. The van der Waals surface area contributed by atoms with Gasteiger partial charge in [-0.2, -0.15) is 27.9 Å². The van der Waals surface area contributed by atoms with Crippen LogP contribution in [-0.2, 0) is 29.0 Å². The van der Waals surface area contributed by atoms with Crippen molar-refractivity contribution in [2.24, 2.45) is 5.92 Å². The third kappa shape index (κ3) is 5.39. The van der Waals surface area contributed by atoms with Crippen molar-refractivity contribution >= 4 is 17.8 Å². The van der Waals surface area contributed by atoms with Crippen LogP contribution in [0.25, 0.3) is 11.3 Å². The number of benzene rings is 1. The minimum atomic E-state index is -4.42. The Kier molecular flexibility index (Phi) is 8.32. The second kappa shape index (κ2) is 9.80. The first kappa shape index (κ1) is 23.8. The summed E-state index contributed by atoms with van der Waals surface area (Å²) in [5.74, 6) is -3.61. The van der Waals surface area contributed by atoms with Crippen LogP contribution in [0.2, 0.25) is 5.02 Å². The van der Waals surface area contributed by atoms with E-state index in [1.807, 2.05) is 6.92 Å². The van der Waals surface area contributed by atoms with E-state index in [9.17, 15) is 22.0 Å². The Morgan fingerprint density at radius 3 is 2.07 bits per heavy atom. The molecule has 0 aliphatic heterocycles. The third-order valence-electron chi connectivity index (χ3n) is 4.03. The normalized spacial score (nSPS) is 12.2. The Hall–Kier alpha value is -2.25. The first-order valence-corrected chi connectivity index (χ1v) is 8.68. The molecule has 4 nitrogen and oxygen atoms in total. The van der Waals surface area contributed by atoms with Gasteiger partial charge in [0, 0.05) is 6.54 Å². The molecule has 1 atom stereocenters. The van der Waals surface area contributed by atoms with Gasteiger partial charge in [-0.15, -0.1) is 0 Å². The van der Waals surface area contributed by atoms with Gasteiger partial charge in [-0.05, 0) is 37.5 Å². The molecule has 0 spiro atoms. The molecule has 28 heavy (non-hydrogen) atoms. The highest BCUT2D eigenvalue weighted by Gasteiger charge is 2.36. The number of halogens is 6. The van der Waals surface area contributed by atoms with E-state index in [2.05, 4.69) is 5.10 Å². The summed E-state index contributed by atoms with van der Waals surface area (Å²) in [6.07, 6.45) is -4.19. The van der Waals surface area contributed by atoms with E-state index < -0.39 is 30.1 Å². The van der Waals surface area contributed by atoms with Crippen molar-refractivity contribution in [2.75, 3.05) is 0 Å². The van der Waals surface area contributed by atoms with Gasteiger partial charge in [0.2, 0.25) is 0 Å². The largest absolute Gasteiger partial charge is 0.391 e. The van der Waals surface area contributed by atoms with Gasteiger partial charge in [0.15, 0.2) is 0 Å². The lowest BCUT2D eigenvalue weighted by molar-refractivity contribution is -0.191. The first-order valence-electron chi connectivity index (χ1n) is 8.31. The molecule has 0 aliphatic carbocycles. The van der Waals surface area contributed by atoms with Crippen molar-refractivity contribution in [1.29, 1.82) is 0 Å². The summed E-state index contributed by atoms with van der Waals surface area (Å²) in [4.78, 5) is 16.2. The molecule has 1 aromatic heterocycles. The van der Waals surface area contributed by atoms with Crippen LogP contribution in [-0.4, -0.2) is 22.1 Å². The number of aryl methyl sites for hydroxylation is 2. The van der Waals surface area contributed by atoms with Crippen molar-refractivity contribution < 1.29 is 31.5 Å². The molecule has 0 amide bonds. The summed E-state index contributed by atoms with van der Waals surface area (Å²) < 4.78 is 68.4. The van der Waals surface area contributed by atoms with Gasteiger partial charge in [-0.3, -0.25) is 4.68 Å². The van der Waals surface area contributed by atoms with E-state index in [1.165, 1.54) is 4.68 Å². The number of alkyl halides is 3.